The van der Waals surface area contributed by atoms with Gasteiger partial charge in [-0.3, -0.25) is 9.78 Å². The zero-order valence-corrected chi connectivity index (χ0v) is 13.7. The van der Waals surface area contributed by atoms with E-state index in [1.165, 1.54) is 16.2 Å². The van der Waals surface area contributed by atoms with Gasteiger partial charge in [0.15, 0.2) is 0 Å². The fourth-order valence-electron chi connectivity index (χ4n) is 2.85. The molecule has 0 unspecified atom stereocenters. The van der Waals surface area contributed by atoms with Gasteiger partial charge in [-0.2, -0.15) is 0 Å². The maximum atomic E-state index is 11.2. The third-order valence-corrected chi connectivity index (χ3v) is 4.76. The van der Waals surface area contributed by atoms with Gasteiger partial charge in [-0.05, 0) is 30.4 Å². The number of primary amides is 1. The summed E-state index contributed by atoms with van der Waals surface area (Å²) >= 11 is 3.63. The molecule has 3 rings (SSSR count). The van der Waals surface area contributed by atoms with Crippen molar-refractivity contribution in [3.63, 3.8) is 0 Å². The molecule has 2 aromatic rings. The molecule has 0 bridgehead atoms. The maximum absolute atomic E-state index is 11.2. The number of rotatable bonds is 3. The van der Waals surface area contributed by atoms with Crippen LogP contribution in [0.2, 0.25) is 0 Å². The molecule has 2 N–H and O–H groups in total. The SMILES string of the molecule is NC(=O)c1cncc(N2CCC(c3ccccc3Br)CC2)n1. The number of carbonyl (C=O) groups excluding carboxylic acids is 1. The van der Waals surface area contributed by atoms with E-state index in [2.05, 4.69) is 49.0 Å². The van der Waals surface area contributed by atoms with E-state index in [-0.39, 0.29) is 5.69 Å². The van der Waals surface area contributed by atoms with Gasteiger partial charge in [-0.15, -0.1) is 0 Å². The van der Waals surface area contributed by atoms with Gasteiger partial charge in [-0.25, -0.2) is 4.98 Å². The summed E-state index contributed by atoms with van der Waals surface area (Å²) in [4.78, 5) is 21.7. The van der Waals surface area contributed by atoms with Crippen LogP contribution in [0.5, 0.6) is 0 Å². The van der Waals surface area contributed by atoms with Crippen molar-refractivity contribution in [1.82, 2.24) is 9.97 Å². The highest BCUT2D eigenvalue weighted by Crippen LogP contribution is 2.33. The molecule has 0 aliphatic carbocycles. The van der Waals surface area contributed by atoms with Crippen molar-refractivity contribution in [3.8, 4) is 0 Å². The van der Waals surface area contributed by atoms with E-state index in [4.69, 9.17) is 5.73 Å². The van der Waals surface area contributed by atoms with Gasteiger partial charge in [0.05, 0.1) is 12.4 Å². The van der Waals surface area contributed by atoms with Crippen LogP contribution in [0.25, 0.3) is 0 Å². The van der Waals surface area contributed by atoms with Gasteiger partial charge in [0.1, 0.15) is 11.5 Å². The molecule has 6 heteroatoms. The molecule has 1 amide bonds. The Bertz CT molecular complexity index is 683. The fraction of sp³-hybridized carbons (Fsp3) is 0.312. The lowest BCUT2D eigenvalue weighted by Crippen LogP contribution is -2.34. The minimum absolute atomic E-state index is 0.213. The Morgan fingerprint density at radius 2 is 1.95 bits per heavy atom. The average molecular weight is 361 g/mol. The summed E-state index contributed by atoms with van der Waals surface area (Å²) in [5.41, 5.74) is 6.84. The van der Waals surface area contributed by atoms with Crippen LogP contribution in [0, 0.1) is 0 Å². The predicted molar refractivity (Wildman–Crippen MR) is 88.9 cm³/mol. The summed E-state index contributed by atoms with van der Waals surface area (Å²) in [6.07, 6.45) is 5.18. The molecule has 0 atom stereocenters. The first kappa shape index (κ1) is 15.0. The van der Waals surface area contributed by atoms with E-state index in [0.29, 0.717) is 5.92 Å². The van der Waals surface area contributed by atoms with Crippen LogP contribution in [-0.4, -0.2) is 29.0 Å². The van der Waals surface area contributed by atoms with Crippen LogP contribution in [0.1, 0.15) is 34.8 Å². The topological polar surface area (TPSA) is 72.1 Å². The highest BCUT2D eigenvalue weighted by molar-refractivity contribution is 9.10. The first-order valence-electron chi connectivity index (χ1n) is 7.26. The summed E-state index contributed by atoms with van der Waals surface area (Å²) in [7, 11) is 0. The van der Waals surface area contributed by atoms with E-state index >= 15 is 0 Å². The zero-order valence-electron chi connectivity index (χ0n) is 12.1. The number of hydrogen-bond donors (Lipinski definition) is 1. The Balaban J connectivity index is 1.71. The molecule has 1 aliphatic rings. The number of benzene rings is 1. The molecule has 1 aromatic heterocycles. The predicted octanol–water partition coefficient (Wildman–Crippen LogP) is 2.72. The van der Waals surface area contributed by atoms with Gasteiger partial charge >= 0.3 is 0 Å². The lowest BCUT2D eigenvalue weighted by Gasteiger charge is -2.33. The highest BCUT2D eigenvalue weighted by atomic mass is 79.9. The number of aromatic nitrogens is 2. The minimum atomic E-state index is -0.544. The number of nitrogens with two attached hydrogens (primary N) is 1. The fourth-order valence-corrected chi connectivity index (χ4v) is 3.46. The third-order valence-electron chi connectivity index (χ3n) is 4.04. The standard InChI is InChI=1S/C16H17BrN4O/c17-13-4-2-1-3-12(13)11-5-7-21(8-6-11)15-10-19-9-14(20-15)16(18)22/h1-4,9-11H,5-8H2,(H2,18,22). The molecule has 1 saturated heterocycles. The minimum Gasteiger partial charge on any atom is -0.364 e. The van der Waals surface area contributed by atoms with Crippen molar-refractivity contribution in [2.75, 3.05) is 18.0 Å². The number of carbonyl (C=O) groups is 1. The second-order valence-corrected chi connectivity index (χ2v) is 6.26. The van der Waals surface area contributed by atoms with Crippen LogP contribution in [0.4, 0.5) is 5.82 Å². The third kappa shape index (κ3) is 3.11. The Hall–Kier alpha value is -1.95. The van der Waals surface area contributed by atoms with Crippen molar-refractivity contribution in [1.29, 1.82) is 0 Å². The van der Waals surface area contributed by atoms with Crippen molar-refractivity contribution in [2.45, 2.75) is 18.8 Å². The highest BCUT2D eigenvalue weighted by Gasteiger charge is 2.23. The molecule has 22 heavy (non-hydrogen) atoms. The largest absolute Gasteiger partial charge is 0.364 e. The van der Waals surface area contributed by atoms with Crippen molar-refractivity contribution >= 4 is 27.7 Å². The summed E-state index contributed by atoms with van der Waals surface area (Å²) in [6, 6.07) is 8.38. The molecule has 0 radical (unpaired) electrons. The molecule has 0 spiro atoms. The van der Waals surface area contributed by atoms with Crippen molar-refractivity contribution < 1.29 is 4.79 Å². The number of hydrogen-bond acceptors (Lipinski definition) is 4. The summed E-state index contributed by atoms with van der Waals surface area (Å²) in [5.74, 6) is 0.721. The average Bonchev–Trinajstić information content (AvgIpc) is 2.56. The Morgan fingerprint density at radius 3 is 2.64 bits per heavy atom. The van der Waals surface area contributed by atoms with Gasteiger partial charge in [-0.1, -0.05) is 34.1 Å². The molecule has 1 fully saturated rings. The van der Waals surface area contributed by atoms with E-state index < -0.39 is 5.91 Å². The Morgan fingerprint density at radius 1 is 1.23 bits per heavy atom. The molecule has 5 nitrogen and oxygen atoms in total. The smallest absolute Gasteiger partial charge is 0.268 e. The molecule has 114 valence electrons. The number of anilines is 1. The zero-order chi connectivity index (χ0) is 15.5. The van der Waals surface area contributed by atoms with E-state index in [1.54, 1.807) is 6.20 Å². The van der Waals surface area contributed by atoms with Gasteiger partial charge in [0.25, 0.3) is 5.91 Å². The normalized spacial score (nSPS) is 15.8. The molecular formula is C16H17BrN4O. The lowest BCUT2D eigenvalue weighted by atomic mass is 9.89. The monoisotopic (exact) mass is 360 g/mol. The number of amides is 1. The molecule has 1 aromatic carbocycles. The Kier molecular flexibility index (Phi) is 4.38. The van der Waals surface area contributed by atoms with Gasteiger partial charge < -0.3 is 10.6 Å². The maximum Gasteiger partial charge on any atom is 0.268 e. The van der Waals surface area contributed by atoms with Crippen LogP contribution in [0.3, 0.4) is 0 Å². The summed E-state index contributed by atoms with van der Waals surface area (Å²) in [6.45, 7) is 1.78. The van der Waals surface area contributed by atoms with Crippen molar-refractivity contribution in [3.05, 3.63) is 52.4 Å². The first-order valence-corrected chi connectivity index (χ1v) is 8.05. The second kappa shape index (κ2) is 6.44. The van der Waals surface area contributed by atoms with E-state index in [9.17, 15) is 4.79 Å². The molecule has 1 aliphatic heterocycles. The van der Waals surface area contributed by atoms with Gasteiger partial charge in [0.2, 0.25) is 0 Å². The van der Waals surface area contributed by atoms with Crippen LogP contribution >= 0.6 is 15.9 Å². The van der Waals surface area contributed by atoms with Gasteiger partial charge in [0, 0.05) is 17.6 Å². The first-order chi connectivity index (χ1) is 10.6. The quantitative estimate of drug-likeness (QED) is 0.913. The van der Waals surface area contributed by atoms with Crippen molar-refractivity contribution in [2.24, 2.45) is 5.73 Å². The van der Waals surface area contributed by atoms with Crippen LogP contribution < -0.4 is 10.6 Å². The number of nitrogens with zero attached hydrogens (tertiary/aromatic N) is 3. The lowest BCUT2D eigenvalue weighted by molar-refractivity contribution is 0.0995. The van der Waals surface area contributed by atoms with Crippen LogP contribution in [-0.2, 0) is 0 Å². The Labute approximate surface area is 137 Å². The molecule has 2 heterocycles. The summed E-state index contributed by atoms with van der Waals surface area (Å²) < 4.78 is 1.17. The number of halogens is 1. The van der Waals surface area contributed by atoms with Crippen LogP contribution in [0.15, 0.2) is 41.1 Å². The molecule has 0 saturated carbocycles. The van der Waals surface area contributed by atoms with E-state index in [1.807, 2.05) is 6.07 Å². The summed E-state index contributed by atoms with van der Waals surface area (Å²) in [5, 5.41) is 0. The second-order valence-electron chi connectivity index (χ2n) is 5.41. The molecular weight excluding hydrogens is 344 g/mol. The number of piperidine rings is 1. The van der Waals surface area contributed by atoms with E-state index in [0.717, 1.165) is 31.7 Å².